The zero-order valence-corrected chi connectivity index (χ0v) is 19.5. The molecule has 0 saturated carbocycles. The van der Waals surface area contributed by atoms with Crippen LogP contribution in [-0.2, 0) is 12.8 Å². The number of thiazole rings is 1. The van der Waals surface area contributed by atoms with Gasteiger partial charge >= 0.3 is 5.91 Å². The maximum atomic E-state index is 13.0. The number of fused-ring (bicyclic) bond motifs is 2. The number of aryl methyl sites for hydroxylation is 2. The van der Waals surface area contributed by atoms with Crippen molar-refractivity contribution in [1.29, 1.82) is 0 Å². The predicted octanol–water partition coefficient (Wildman–Crippen LogP) is 5.06. The second-order valence-electron chi connectivity index (χ2n) is 7.53. The number of furan rings is 1. The van der Waals surface area contributed by atoms with Gasteiger partial charge in [0.05, 0.1) is 5.56 Å². The first-order valence-corrected chi connectivity index (χ1v) is 12.1. The Hall–Kier alpha value is -3.56. The Labute approximate surface area is 197 Å². The Bertz CT molecular complexity index is 1500. The molecule has 0 radical (unpaired) electrons. The molecule has 0 fully saturated rings. The number of aromatic nitrogens is 2. The van der Waals surface area contributed by atoms with E-state index < -0.39 is 11.8 Å². The summed E-state index contributed by atoms with van der Waals surface area (Å²) in [4.78, 5) is 30.3. The number of carbonyl (C=O) groups excluding carboxylic acids is 2. The van der Waals surface area contributed by atoms with Crippen LogP contribution in [0.25, 0.3) is 21.9 Å². The zero-order chi connectivity index (χ0) is 22.9. The number of hydrogen-bond donors (Lipinski definition) is 2. The van der Waals surface area contributed by atoms with Crippen molar-refractivity contribution in [3.8, 4) is 0 Å². The maximum Gasteiger partial charge on any atom is 0.305 e. The van der Waals surface area contributed by atoms with Crippen LogP contribution >= 0.6 is 23.1 Å². The van der Waals surface area contributed by atoms with Crippen molar-refractivity contribution in [2.24, 2.45) is 7.05 Å². The summed E-state index contributed by atoms with van der Waals surface area (Å²) in [7, 11) is 1.87. The third kappa shape index (κ3) is 4.12. The monoisotopic (exact) mass is 476 g/mol. The SMILES string of the molecule is Cc1csc(SCc2c(C(=O)NNC(=O)c3cn(C)c4ccccc34)oc3ccccc23)n1. The van der Waals surface area contributed by atoms with Crippen LogP contribution in [0.4, 0.5) is 0 Å². The highest BCUT2D eigenvalue weighted by Gasteiger charge is 2.22. The lowest BCUT2D eigenvalue weighted by Crippen LogP contribution is -2.41. The van der Waals surface area contributed by atoms with Gasteiger partial charge in [0.15, 0.2) is 5.76 Å². The van der Waals surface area contributed by atoms with E-state index in [4.69, 9.17) is 4.42 Å². The van der Waals surface area contributed by atoms with Gasteiger partial charge in [0.1, 0.15) is 9.92 Å². The molecule has 5 aromatic rings. The number of amides is 2. The highest BCUT2D eigenvalue weighted by molar-refractivity contribution is 8.00. The van der Waals surface area contributed by atoms with Crippen LogP contribution in [0.1, 0.15) is 32.2 Å². The van der Waals surface area contributed by atoms with Crippen molar-refractivity contribution >= 4 is 56.8 Å². The fraction of sp³-hybridized carbons (Fsp3) is 0.125. The van der Waals surface area contributed by atoms with E-state index in [1.165, 1.54) is 0 Å². The second kappa shape index (κ2) is 8.76. The number of benzene rings is 2. The van der Waals surface area contributed by atoms with Crippen LogP contribution in [0.15, 0.2) is 68.9 Å². The van der Waals surface area contributed by atoms with E-state index >= 15 is 0 Å². The Morgan fingerprint density at radius 2 is 1.79 bits per heavy atom. The maximum absolute atomic E-state index is 13.0. The first-order valence-electron chi connectivity index (χ1n) is 10.2. The molecule has 0 spiro atoms. The first-order chi connectivity index (χ1) is 16.0. The third-order valence-electron chi connectivity index (χ3n) is 5.27. The predicted molar refractivity (Wildman–Crippen MR) is 130 cm³/mol. The summed E-state index contributed by atoms with van der Waals surface area (Å²) in [6, 6.07) is 15.1. The molecule has 0 saturated heterocycles. The van der Waals surface area contributed by atoms with E-state index in [1.807, 2.05) is 72.4 Å². The van der Waals surface area contributed by atoms with E-state index in [0.717, 1.165) is 31.9 Å². The summed E-state index contributed by atoms with van der Waals surface area (Å²) in [5.74, 6) is -0.212. The highest BCUT2D eigenvalue weighted by Crippen LogP contribution is 2.33. The Morgan fingerprint density at radius 1 is 1.06 bits per heavy atom. The molecule has 0 aliphatic rings. The Morgan fingerprint density at radius 3 is 2.58 bits per heavy atom. The molecule has 0 atom stereocenters. The van der Waals surface area contributed by atoms with E-state index in [9.17, 15) is 9.59 Å². The quantitative estimate of drug-likeness (QED) is 0.274. The number of hydrogen-bond acceptors (Lipinski definition) is 6. The van der Waals surface area contributed by atoms with Crippen molar-refractivity contribution in [2.75, 3.05) is 0 Å². The first kappa shape index (κ1) is 21.3. The topological polar surface area (TPSA) is 89.2 Å². The molecule has 166 valence electrons. The van der Waals surface area contributed by atoms with Gasteiger partial charge in [-0.2, -0.15) is 0 Å². The fourth-order valence-electron chi connectivity index (χ4n) is 3.72. The van der Waals surface area contributed by atoms with Crippen LogP contribution in [-0.4, -0.2) is 21.4 Å². The van der Waals surface area contributed by atoms with Gasteiger partial charge in [-0.3, -0.25) is 20.4 Å². The van der Waals surface area contributed by atoms with Gasteiger partial charge in [-0.15, -0.1) is 11.3 Å². The summed E-state index contributed by atoms with van der Waals surface area (Å²) in [6.07, 6.45) is 1.74. The van der Waals surface area contributed by atoms with Crippen LogP contribution < -0.4 is 10.9 Å². The number of hydrazine groups is 1. The van der Waals surface area contributed by atoms with Crippen LogP contribution in [0.2, 0.25) is 0 Å². The van der Waals surface area contributed by atoms with Gasteiger partial charge in [0.2, 0.25) is 0 Å². The Kier molecular flexibility index (Phi) is 5.65. The van der Waals surface area contributed by atoms with Crippen LogP contribution in [0.5, 0.6) is 0 Å². The molecule has 0 aliphatic carbocycles. The largest absolute Gasteiger partial charge is 0.451 e. The van der Waals surface area contributed by atoms with Crippen molar-refractivity contribution in [1.82, 2.24) is 20.4 Å². The van der Waals surface area contributed by atoms with Crippen molar-refractivity contribution < 1.29 is 14.0 Å². The fourth-order valence-corrected chi connectivity index (χ4v) is 5.60. The number of rotatable bonds is 5. The molecular weight excluding hydrogens is 456 g/mol. The summed E-state index contributed by atoms with van der Waals surface area (Å²) in [6.45, 7) is 1.95. The second-order valence-corrected chi connectivity index (χ2v) is 9.61. The molecule has 7 nitrogen and oxygen atoms in total. The van der Waals surface area contributed by atoms with Crippen molar-refractivity contribution in [3.05, 3.63) is 82.7 Å². The molecular formula is C24H20N4O3S2. The minimum atomic E-state index is -0.509. The molecule has 0 aliphatic heterocycles. The average Bonchev–Trinajstić information content (AvgIpc) is 3.51. The lowest BCUT2D eigenvalue weighted by Gasteiger charge is -2.07. The van der Waals surface area contributed by atoms with Gasteiger partial charge < -0.3 is 8.98 Å². The summed E-state index contributed by atoms with van der Waals surface area (Å²) < 4.78 is 8.67. The zero-order valence-electron chi connectivity index (χ0n) is 17.9. The molecule has 5 rings (SSSR count). The van der Waals surface area contributed by atoms with Crippen molar-refractivity contribution in [3.63, 3.8) is 0 Å². The van der Waals surface area contributed by atoms with Gasteiger partial charge in [0, 0.05) is 51.9 Å². The van der Waals surface area contributed by atoms with Gasteiger partial charge in [-0.25, -0.2) is 4.98 Å². The number of carbonyl (C=O) groups is 2. The molecule has 3 aromatic heterocycles. The highest BCUT2D eigenvalue weighted by atomic mass is 32.2. The standard InChI is InChI=1S/C24H20N4O3S2/c1-14-12-32-24(25-14)33-13-18-16-8-4-6-10-20(16)31-21(18)23(30)27-26-22(29)17-11-28(2)19-9-5-3-7-15(17)19/h3-12H,13H2,1-2H3,(H,26,29)(H,27,30). The molecule has 0 bridgehead atoms. The molecule has 2 amide bonds. The number of thioether (sulfide) groups is 1. The minimum absolute atomic E-state index is 0.176. The van der Waals surface area contributed by atoms with Crippen LogP contribution in [0.3, 0.4) is 0 Å². The van der Waals surface area contributed by atoms with Crippen LogP contribution in [0, 0.1) is 6.92 Å². The minimum Gasteiger partial charge on any atom is -0.451 e. The summed E-state index contributed by atoms with van der Waals surface area (Å²) >= 11 is 3.12. The Balaban J connectivity index is 1.37. The smallest absolute Gasteiger partial charge is 0.305 e. The molecule has 9 heteroatoms. The van der Waals surface area contributed by atoms with E-state index in [2.05, 4.69) is 15.8 Å². The van der Waals surface area contributed by atoms with Gasteiger partial charge in [0.25, 0.3) is 5.91 Å². The molecule has 2 aromatic carbocycles. The summed E-state index contributed by atoms with van der Waals surface area (Å²) in [5.41, 5.74) is 8.80. The average molecular weight is 477 g/mol. The lowest BCUT2D eigenvalue weighted by atomic mass is 10.1. The number of nitrogens with one attached hydrogen (secondary N) is 2. The van der Waals surface area contributed by atoms with E-state index in [0.29, 0.717) is 16.9 Å². The van der Waals surface area contributed by atoms with E-state index in [1.54, 1.807) is 29.3 Å². The van der Waals surface area contributed by atoms with Crippen molar-refractivity contribution in [2.45, 2.75) is 17.0 Å². The van der Waals surface area contributed by atoms with E-state index in [-0.39, 0.29) is 5.76 Å². The van der Waals surface area contributed by atoms with Gasteiger partial charge in [-0.05, 0) is 19.1 Å². The number of para-hydroxylation sites is 2. The number of nitrogens with zero attached hydrogens (tertiary/aromatic N) is 2. The molecule has 3 heterocycles. The third-order valence-corrected chi connectivity index (χ3v) is 7.44. The lowest BCUT2D eigenvalue weighted by molar-refractivity contribution is 0.0832. The normalized spacial score (nSPS) is 11.2. The van der Waals surface area contributed by atoms with Gasteiger partial charge in [-0.1, -0.05) is 48.2 Å². The molecule has 0 unspecified atom stereocenters. The molecule has 2 N–H and O–H groups in total. The summed E-state index contributed by atoms with van der Waals surface area (Å²) in [5, 5.41) is 3.67. The molecule has 33 heavy (non-hydrogen) atoms.